The molecule has 1 heterocycles. The molecule has 0 bridgehead atoms. The van der Waals surface area contributed by atoms with E-state index < -0.39 is 29.7 Å². The van der Waals surface area contributed by atoms with Gasteiger partial charge in [0, 0.05) is 19.3 Å². The lowest BCUT2D eigenvalue weighted by Gasteiger charge is -2.36. The van der Waals surface area contributed by atoms with E-state index >= 15 is 0 Å². The van der Waals surface area contributed by atoms with Crippen molar-refractivity contribution in [3.05, 3.63) is 53.9 Å². The van der Waals surface area contributed by atoms with Gasteiger partial charge in [0.05, 0.1) is 11.1 Å². The van der Waals surface area contributed by atoms with Crippen molar-refractivity contribution in [3.63, 3.8) is 0 Å². The molecule has 1 amide bonds. The van der Waals surface area contributed by atoms with Crippen LogP contribution in [-0.4, -0.2) is 27.4 Å². The van der Waals surface area contributed by atoms with E-state index in [0.29, 0.717) is 6.42 Å². The van der Waals surface area contributed by atoms with Gasteiger partial charge in [-0.2, -0.15) is 18.3 Å². The predicted octanol–water partition coefficient (Wildman–Crippen LogP) is 6.54. The third-order valence-corrected chi connectivity index (χ3v) is 4.37. The molecular weight excluding hydrogens is 417 g/mol. The summed E-state index contributed by atoms with van der Waals surface area (Å²) in [7, 11) is 1.38. The molecule has 1 aromatic heterocycles. The molecule has 0 fully saturated rings. The van der Waals surface area contributed by atoms with Crippen LogP contribution in [0.25, 0.3) is 0 Å². The summed E-state index contributed by atoms with van der Waals surface area (Å²) in [6.45, 7) is 12.7. The van der Waals surface area contributed by atoms with Gasteiger partial charge < -0.3 is 5.32 Å². The first kappa shape index (κ1) is 28.5. The lowest BCUT2D eigenvalue weighted by molar-refractivity contribution is -0.0805. The molecule has 0 aliphatic rings. The van der Waals surface area contributed by atoms with E-state index in [2.05, 4.69) is 17.0 Å². The maximum absolute atomic E-state index is 13.0. The van der Waals surface area contributed by atoms with Crippen molar-refractivity contribution in [2.24, 2.45) is 13.0 Å². The average Bonchev–Trinajstić information content (AvgIpc) is 3.02. The van der Waals surface area contributed by atoms with Crippen molar-refractivity contribution in [2.75, 3.05) is 0 Å². The molecule has 0 spiro atoms. The summed E-state index contributed by atoms with van der Waals surface area (Å²) in [5, 5.41) is 6.06. The summed E-state index contributed by atoms with van der Waals surface area (Å²) in [4.78, 5) is 12.5. The number of hydrogen-bond acceptors (Lipinski definition) is 2. The van der Waals surface area contributed by atoms with Gasteiger partial charge in [-0.15, -0.1) is 0 Å². The maximum atomic E-state index is 13.0. The van der Waals surface area contributed by atoms with Gasteiger partial charge in [-0.25, -0.2) is 8.78 Å². The maximum Gasteiger partial charge on any atom is 0.409 e. The third kappa shape index (κ3) is 9.93. The van der Waals surface area contributed by atoms with E-state index in [1.54, 1.807) is 20.8 Å². The Hall–Kier alpha value is -2.45. The highest BCUT2D eigenvalue weighted by molar-refractivity contribution is 5.95. The normalized spacial score (nSPS) is 14.1. The summed E-state index contributed by atoms with van der Waals surface area (Å²) in [5.41, 5.74) is -1.25. The minimum atomic E-state index is -4.54. The Balaban J connectivity index is 0.00000131. The first-order valence-electron chi connectivity index (χ1n) is 9.88. The quantitative estimate of drug-likeness (QED) is 0.278. The van der Waals surface area contributed by atoms with Crippen molar-refractivity contribution in [1.29, 1.82) is 0 Å². The van der Waals surface area contributed by atoms with Gasteiger partial charge in [0.25, 0.3) is 12.3 Å². The molecule has 0 aromatic carbocycles. The van der Waals surface area contributed by atoms with Crippen LogP contribution in [-0.2, 0) is 7.05 Å². The number of aromatic nitrogens is 2. The SMILES string of the molecule is C=C(C)/C=C\C.CCCC(C=CC(F)(F)F)(NC(=O)c1cn(C)nc1C(F)F)C(C)C. The largest absolute Gasteiger partial charge is 0.409 e. The van der Waals surface area contributed by atoms with E-state index in [-0.39, 0.29) is 24.0 Å². The minimum absolute atomic E-state index is 0.0696. The average molecular weight is 450 g/mol. The van der Waals surface area contributed by atoms with Crippen LogP contribution in [0.4, 0.5) is 22.0 Å². The van der Waals surface area contributed by atoms with E-state index in [9.17, 15) is 26.7 Å². The number of alkyl halides is 5. The summed E-state index contributed by atoms with van der Waals surface area (Å²) in [5.74, 6) is -1.26. The number of amides is 1. The lowest BCUT2D eigenvalue weighted by Crippen LogP contribution is -2.51. The van der Waals surface area contributed by atoms with Gasteiger partial charge in [-0.05, 0) is 26.2 Å². The van der Waals surface area contributed by atoms with Crippen LogP contribution in [0.2, 0.25) is 0 Å². The Kier molecular flexibility index (Phi) is 11.4. The zero-order valence-electron chi connectivity index (χ0n) is 18.9. The molecule has 0 radical (unpaired) electrons. The topological polar surface area (TPSA) is 46.9 Å². The summed E-state index contributed by atoms with van der Waals surface area (Å²) >= 11 is 0. The first-order chi connectivity index (χ1) is 14.2. The van der Waals surface area contributed by atoms with Crippen molar-refractivity contribution in [3.8, 4) is 0 Å². The zero-order valence-corrected chi connectivity index (χ0v) is 18.9. The lowest BCUT2D eigenvalue weighted by atomic mass is 9.81. The van der Waals surface area contributed by atoms with Crippen LogP contribution in [0.15, 0.2) is 42.7 Å². The second-order valence-corrected chi connectivity index (χ2v) is 7.52. The van der Waals surface area contributed by atoms with Crippen molar-refractivity contribution < 1.29 is 26.7 Å². The highest BCUT2D eigenvalue weighted by atomic mass is 19.4. The van der Waals surface area contributed by atoms with Gasteiger partial charge in [0.1, 0.15) is 5.69 Å². The predicted molar refractivity (Wildman–Crippen MR) is 113 cm³/mol. The molecule has 0 saturated heterocycles. The van der Waals surface area contributed by atoms with Crippen molar-refractivity contribution in [1.82, 2.24) is 15.1 Å². The molecule has 1 unspecified atom stereocenters. The Morgan fingerprint density at radius 3 is 2.23 bits per heavy atom. The van der Waals surface area contributed by atoms with Gasteiger partial charge in [0.15, 0.2) is 0 Å². The van der Waals surface area contributed by atoms with E-state index in [1.807, 2.05) is 26.0 Å². The molecule has 0 aliphatic heterocycles. The number of carbonyl (C=O) groups excluding carboxylic acids is 1. The number of rotatable bonds is 8. The fourth-order valence-electron chi connectivity index (χ4n) is 2.87. The van der Waals surface area contributed by atoms with E-state index in [0.717, 1.165) is 22.5 Å². The molecule has 31 heavy (non-hydrogen) atoms. The summed E-state index contributed by atoms with van der Waals surface area (Å²) in [6.07, 6.45) is -0.738. The Morgan fingerprint density at radius 1 is 1.29 bits per heavy atom. The van der Waals surface area contributed by atoms with Gasteiger partial charge in [0.2, 0.25) is 0 Å². The number of halogens is 5. The molecule has 9 heteroatoms. The fraction of sp³-hybridized carbons (Fsp3) is 0.545. The van der Waals surface area contributed by atoms with Crippen LogP contribution in [0.5, 0.6) is 0 Å². The van der Waals surface area contributed by atoms with E-state index in [4.69, 9.17) is 0 Å². The third-order valence-electron chi connectivity index (χ3n) is 4.37. The molecule has 176 valence electrons. The number of allylic oxidation sites excluding steroid dienone is 4. The molecule has 1 aromatic rings. The molecule has 1 atom stereocenters. The van der Waals surface area contributed by atoms with E-state index in [1.165, 1.54) is 7.05 Å². The Labute approximate surface area is 180 Å². The van der Waals surface area contributed by atoms with Crippen LogP contribution >= 0.6 is 0 Å². The second-order valence-electron chi connectivity index (χ2n) is 7.52. The molecule has 1 N–H and O–H groups in total. The smallest absolute Gasteiger partial charge is 0.343 e. The first-order valence-corrected chi connectivity index (χ1v) is 9.88. The van der Waals surface area contributed by atoms with Crippen molar-refractivity contribution >= 4 is 5.91 Å². The second kappa shape index (κ2) is 12.4. The van der Waals surface area contributed by atoms with Crippen LogP contribution in [0.3, 0.4) is 0 Å². The number of hydrogen-bond donors (Lipinski definition) is 1. The monoisotopic (exact) mass is 449 g/mol. The van der Waals surface area contributed by atoms with Crippen LogP contribution in [0.1, 0.15) is 69.9 Å². The number of nitrogens with one attached hydrogen (secondary N) is 1. The molecule has 4 nitrogen and oxygen atoms in total. The summed E-state index contributed by atoms with van der Waals surface area (Å²) in [6, 6.07) is 0. The van der Waals surface area contributed by atoms with Gasteiger partial charge in [-0.3, -0.25) is 9.48 Å². The molecule has 0 saturated carbocycles. The molecular formula is C22H32F5N3O. The highest BCUT2D eigenvalue weighted by Crippen LogP contribution is 2.29. The number of nitrogens with zero attached hydrogens (tertiary/aromatic N) is 2. The molecule has 1 rings (SSSR count). The fourth-order valence-corrected chi connectivity index (χ4v) is 2.87. The van der Waals surface area contributed by atoms with Gasteiger partial charge >= 0.3 is 6.18 Å². The highest BCUT2D eigenvalue weighted by Gasteiger charge is 2.36. The zero-order chi connectivity index (χ0) is 24.4. The van der Waals surface area contributed by atoms with Crippen LogP contribution in [0, 0.1) is 5.92 Å². The minimum Gasteiger partial charge on any atom is -0.343 e. The summed E-state index contributed by atoms with van der Waals surface area (Å²) < 4.78 is 65.0. The van der Waals surface area contributed by atoms with Gasteiger partial charge in [-0.1, -0.05) is 57.6 Å². The number of carbonyl (C=O) groups is 1. The number of aryl methyl sites for hydroxylation is 1. The van der Waals surface area contributed by atoms with Crippen molar-refractivity contribution in [2.45, 2.75) is 65.6 Å². The Bertz CT molecular complexity index is 779. The molecule has 0 aliphatic carbocycles. The van der Waals surface area contributed by atoms with Crippen LogP contribution < -0.4 is 5.32 Å². The standard InChI is InChI=1S/C16H22F5N3O.C6H10/c1-5-6-15(10(2)3,7-8-16(19,20)21)22-14(25)11-9-24(4)23-12(11)13(17)18;1-4-5-6(2)3/h7-10,13H,5-6H2,1-4H3,(H,22,25);4-5H,2H2,1,3H3/b;5-4-. The Morgan fingerprint density at radius 2 is 1.87 bits per heavy atom.